The second-order valence-electron chi connectivity index (χ2n) is 3.73. The SMILES string of the molecule is CCC(C)(C)CC(N)C(N)=O. The van der Waals surface area contributed by atoms with E-state index in [1.54, 1.807) is 0 Å². The predicted octanol–water partition coefficient (Wildman–Crippen LogP) is 0.625. The number of carbonyl (C=O) groups excluding carboxylic acids is 1. The van der Waals surface area contributed by atoms with Crippen LogP contribution in [0.4, 0.5) is 0 Å². The Kier molecular flexibility index (Phi) is 3.52. The van der Waals surface area contributed by atoms with E-state index in [0.717, 1.165) is 6.42 Å². The molecule has 0 aliphatic carbocycles. The molecule has 0 bridgehead atoms. The van der Waals surface area contributed by atoms with Gasteiger partial charge in [0, 0.05) is 0 Å². The number of hydrogen-bond donors (Lipinski definition) is 2. The zero-order valence-electron chi connectivity index (χ0n) is 7.55. The van der Waals surface area contributed by atoms with E-state index in [-0.39, 0.29) is 5.41 Å². The van der Waals surface area contributed by atoms with Gasteiger partial charge in [0.2, 0.25) is 5.91 Å². The van der Waals surface area contributed by atoms with Crippen LogP contribution >= 0.6 is 0 Å². The summed E-state index contributed by atoms with van der Waals surface area (Å²) < 4.78 is 0. The van der Waals surface area contributed by atoms with Crippen molar-refractivity contribution in [1.29, 1.82) is 0 Å². The molecule has 3 heteroatoms. The topological polar surface area (TPSA) is 69.1 Å². The van der Waals surface area contributed by atoms with Gasteiger partial charge in [-0.05, 0) is 11.8 Å². The molecule has 0 radical (unpaired) electrons. The standard InChI is InChI=1S/C8H18N2O/c1-4-8(2,3)5-6(9)7(10)11/h6H,4-5,9H2,1-3H3,(H2,10,11). The zero-order valence-corrected chi connectivity index (χ0v) is 7.55. The van der Waals surface area contributed by atoms with E-state index in [2.05, 4.69) is 20.8 Å². The summed E-state index contributed by atoms with van der Waals surface area (Å²) in [5.74, 6) is -0.411. The number of amides is 1. The largest absolute Gasteiger partial charge is 0.368 e. The predicted molar refractivity (Wildman–Crippen MR) is 45.9 cm³/mol. The fourth-order valence-electron chi connectivity index (χ4n) is 0.840. The van der Waals surface area contributed by atoms with E-state index < -0.39 is 11.9 Å². The minimum absolute atomic E-state index is 0.119. The zero-order chi connectivity index (χ0) is 9.07. The fraction of sp³-hybridized carbons (Fsp3) is 0.875. The van der Waals surface area contributed by atoms with E-state index >= 15 is 0 Å². The van der Waals surface area contributed by atoms with E-state index in [1.165, 1.54) is 0 Å². The van der Waals surface area contributed by atoms with Crippen molar-refractivity contribution in [3.05, 3.63) is 0 Å². The molecule has 3 nitrogen and oxygen atoms in total. The molecule has 0 aliphatic rings. The average Bonchev–Trinajstić information content (AvgIpc) is 1.87. The van der Waals surface area contributed by atoms with Crippen LogP contribution in [0, 0.1) is 5.41 Å². The van der Waals surface area contributed by atoms with Gasteiger partial charge in [-0.1, -0.05) is 27.2 Å². The Morgan fingerprint density at radius 2 is 2.00 bits per heavy atom. The molecule has 0 aromatic carbocycles. The average molecular weight is 158 g/mol. The molecule has 0 saturated heterocycles. The molecule has 1 unspecified atom stereocenters. The lowest BCUT2D eigenvalue weighted by Gasteiger charge is -2.24. The number of rotatable bonds is 4. The van der Waals surface area contributed by atoms with E-state index in [4.69, 9.17) is 11.5 Å². The van der Waals surface area contributed by atoms with Crippen molar-refractivity contribution in [2.75, 3.05) is 0 Å². The Bertz CT molecular complexity index is 143. The summed E-state index contributed by atoms with van der Waals surface area (Å²) in [6.07, 6.45) is 1.67. The van der Waals surface area contributed by atoms with Gasteiger partial charge < -0.3 is 11.5 Å². The van der Waals surface area contributed by atoms with Crippen molar-refractivity contribution >= 4 is 5.91 Å². The normalized spacial score (nSPS) is 14.5. The summed E-state index contributed by atoms with van der Waals surface area (Å²) in [6, 6.07) is -0.495. The van der Waals surface area contributed by atoms with Gasteiger partial charge in [-0.3, -0.25) is 4.79 Å². The summed E-state index contributed by atoms with van der Waals surface area (Å²) in [4.78, 5) is 10.6. The van der Waals surface area contributed by atoms with Crippen LogP contribution in [0.15, 0.2) is 0 Å². The van der Waals surface area contributed by atoms with Crippen LogP contribution in [0.2, 0.25) is 0 Å². The molecule has 1 amide bonds. The monoisotopic (exact) mass is 158 g/mol. The van der Waals surface area contributed by atoms with Crippen LogP contribution in [-0.4, -0.2) is 11.9 Å². The van der Waals surface area contributed by atoms with Crippen molar-refractivity contribution in [3.8, 4) is 0 Å². The fourth-order valence-corrected chi connectivity index (χ4v) is 0.840. The maximum Gasteiger partial charge on any atom is 0.234 e. The first-order valence-corrected chi connectivity index (χ1v) is 3.94. The third-order valence-electron chi connectivity index (χ3n) is 2.10. The lowest BCUT2D eigenvalue weighted by atomic mass is 9.83. The van der Waals surface area contributed by atoms with E-state index in [9.17, 15) is 4.79 Å². The van der Waals surface area contributed by atoms with Crippen molar-refractivity contribution in [3.63, 3.8) is 0 Å². The Morgan fingerprint density at radius 1 is 1.55 bits per heavy atom. The van der Waals surface area contributed by atoms with Crippen molar-refractivity contribution in [2.45, 2.75) is 39.7 Å². The Hall–Kier alpha value is -0.570. The maximum absolute atomic E-state index is 10.6. The van der Waals surface area contributed by atoms with Crippen LogP contribution in [-0.2, 0) is 4.79 Å². The number of nitrogens with two attached hydrogens (primary N) is 2. The summed E-state index contributed by atoms with van der Waals surface area (Å²) in [6.45, 7) is 6.24. The molecule has 0 aliphatic heterocycles. The second kappa shape index (κ2) is 3.72. The van der Waals surface area contributed by atoms with Gasteiger partial charge in [0.15, 0.2) is 0 Å². The summed E-state index contributed by atoms with van der Waals surface area (Å²) in [7, 11) is 0. The van der Waals surface area contributed by atoms with Gasteiger partial charge in [-0.2, -0.15) is 0 Å². The maximum atomic E-state index is 10.6. The number of carbonyl (C=O) groups is 1. The third kappa shape index (κ3) is 3.98. The Labute approximate surface area is 68.1 Å². The first kappa shape index (κ1) is 10.4. The van der Waals surface area contributed by atoms with Crippen LogP contribution in [0.25, 0.3) is 0 Å². The van der Waals surface area contributed by atoms with Crippen LogP contribution in [0.5, 0.6) is 0 Å². The molecule has 0 aromatic heterocycles. The molecule has 1 atom stereocenters. The molecule has 0 aromatic rings. The summed E-state index contributed by atoms with van der Waals surface area (Å²) in [5, 5.41) is 0. The minimum Gasteiger partial charge on any atom is -0.368 e. The highest BCUT2D eigenvalue weighted by Crippen LogP contribution is 2.25. The highest BCUT2D eigenvalue weighted by molar-refractivity contribution is 5.79. The Morgan fingerprint density at radius 3 is 2.27 bits per heavy atom. The molecule has 0 rings (SSSR count). The molecule has 0 saturated carbocycles. The highest BCUT2D eigenvalue weighted by atomic mass is 16.1. The Balaban J connectivity index is 3.93. The van der Waals surface area contributed by atoms with Crippen LogP contribution < -0.4 is 11.5 Å². The molecule has 11 heavy (non-hydrogen) atoms. The van der Waals surface area contributed by atoms with Crippen molar-refractivity contribution in [2.24, 2.45) is 16.9 Å². The molecule has 0 heterocycles. The van der Waals surface area contributed by atoms with Crippen LogP contribution in [0.1, 0.15) is 33.6 Å². The highest BCUT2D eigenvalue weighted by Gasteiger charge is 2.21. The molecule has 0 fully saturated rings. The van der Waals surface area contributed by atoms with Gasteiger partial charge in [0.25, 0.3) is 0 Å². The molecule has 4 N–H and O–H groups in total. The lowest BCUT2D eigenvalue weighted by Crippen LogP contribution is -2.39. The minimum atomic E-state index is -0.495. The number of hydrogen-bond acceptors (Lipinski definition) is 2. The van der Waals surface area contributed by atoms with Gasteiger partial charge in [0.1, 0.15) is 0 Å². The molecule has 0 spiro atoms. The quantitative estimate of drug-likeness (QED) is 0.630. The second-order valence-corrected chi connectivity index (χ2v) is 3.73. The van der Waals surface area contributed by atoms with Gasteiger partial charge in [-0.25, -0.2) is 0 Å². The molecule has 66 valence electrons. The van der Waals surface area contributed by atoms with E-state index in [1.807, 2.05) is 0 Å². The lowest BCUT2D eigenvalue weighted by molar-refractivity contribution is -0.119. The van der Waals surface area contributed by atoms with Gasteiger partial charge in [0.05, 0.1) is 6.04 Å². The van der Waals surface area contributed by atoms with Crippen molar-refractivity contribution in [1.82, 2.24) is 0 Å². The first-order chi connectivity index (χ1) is 4.89. The van der Waals surface area contributed by atoms with Crippen LogP contribution in [0.3, 0.4) is 0 Å². The number of primary amides is 1. The van der Waals surface area contributed by atoms with Crippen molar-refractivity contribution < 1.29 is 4.79 Å². The summed E-state index contributed by atoms with van der Waals surface area (Å²) in [5.41, 5.74) is 10.7. The molecular weight excluding hydrogens is 140 g/mol. The first-order valence-electron chi connectivity index (χ1n) is 3.94. The summed E-state index contributed by atoms with van der Waals surface area (Å²) >= 11 is 0. The third-order valence-corrected chi connectivity index (χ3v) is 2.10. The molecular formula is C8H18N2O. The van der Waals surface area contributed by atoms with Gasteiger partial charge in [-0.15, -0.1) is 0 Å². The van der Waals surface area contributed by atoms with Gasteiger partial charge >= 0.3 is 0 Å². The smallest absolute Gasteiger partial charge is 0.234 e. The van der Waals surface area contributed by atoms with E-state index in [0.29, 0.717) is 6.42 Å².